The number of anilines is 1. The highest BCUT2D eigenvalue weighted by molar-refractivity contribution is 7.89. The van der Waals surface area contributed by atoms with E-state index < -0.39 is 26.6 Å². The van der Waals surface area contributed by atoms with E-state index in [0.29, 0.717) is 30.0 Å². The minimum Gasteiger partial charge on any atom is -0.368 e. The lowest BCUT2D eigenvalue weighted by molar-refractivity contribution is 0.378. The van der Waals surface area contributed by atoms with Crippen LogP contribution in [0.4, 0.5) is 14.5 Å². The summed E-state index contributed by atoms with van der Waals surface area (Å²) in [6.45, 7) is 4.28. The molecule has 0 atom stereocenters. The van der Waals surface area contributed by atoms with Gasteiger partial charge in [-0.05, 0) is 32.0 Å². The van der Waals surface area contributed by atoms with Crippen molar-refractivity contribution in [2.45, 2.75) is 18.7 Å². The molecule has 2 heterocycles. The molecule has 6 nitrogen and oxygen atoms in total. The fraction of sp³-hybridized carbons (Fsp3) is 0.333. The highest BCUT2D eigenvalue weighted by atomic mass is 32.2. The molecular formula is C18H18F2N4O2S. The van der Waals surface area contributed by atoms with Gasteiger partial charge >= 0.3 is 0 Å². The molecule has 0 bridgehead atoms. The molecule has 9 heteroatoms. The molecule has 0 saturated carbocycles. The molecule has 1 aromatic carbocycles. The van der Waals surface area contributed by atoms with Gasteiger partial charge in [-0.15, -0.1) is 0 Å². The third-order valence-electron chi connectivity index (χ3n) is 4.52. The number of rotatable bonds is 3. The predicted molar refractivity (Wildman–Crippen MR) is 95.8 cm³/mol. The Morgan fingerprint density at radius 2 is 1.70 bits per heavy atom. The first kappa shape index (κ1) is 19.2. The van der Waals surface area contributed by atoms with Crippen LogP contribution in [0.2, 0.25) is 0 Å². The number of aromatic nitrogens is 1. The van der Waals surface area contributed by atoms with Crippen molar-refractivity contribution in [3.8, 4) is 6.07 Å². The molecule has 1 saturated heterocycles. The van der Waals surface area contributed by atoms with Gasteiger partial charge in [0.05, 0.1) is 16.9 Å². The highest BCUT2D eigenvalue weighted by Gasteiger charge is 2.33. The summed E-state index contributed by atoms with van der Waals surface area (Å²) in [5.74, 6) is -2.21. The average molecular weight is 392 g/mol. The van der Waals surface area contributed by atoms with Gasteiger partial charge in [-0.2, -0.15) is 9.57 Å². The highest BCUT2D eigenvalue weighted by Crippen LogP contribution is 2.27. The van der Waals surface area contributed by atoms with Crippen LogP contribution in [-0.4, -0.2) is 43.9 Å². The van der Waals surface area contributed by atoms with Gasteiger partial charge in [0.2, 0.25) is 10.0 Å². The number of aryl methyl sites for hydroxylation is 2. The summed E-state index contributed by atoms with van der Waals surface area (Å²) in [4.78, 5) is 5.24. The quantitative estimate of drug-likeness (QED) is 0.801. The largest absolute Gasteiger partial charge is 0.368 e. The number of hydrogen-bond acceptors (Lipinski definition) is 5. The monoisotopic (exact) mass is 392 g/mol. The summed E-state index contributed by atoms with van der Waals surface area (Å²) in [7, 11) is -4.28. The Morgan fingerprint density at radius 1 is 1.11 bits per heavy atom. The van der Waals surface area contributed by atoms with E-state index in [1.54, 1.807) is 13.0 Å². The van der Waals surface area contributed by atoms with E-state index in [4.69, 9.17) is 0 Å². The molecule has 3 rings (SSSR count). The Labute approximate surface area is 156 Å². The molecule has 1 fully saturated rings. The fourth-order valence-corrected chi connectivity index (χ4v) is 4.75. The summed E-state index contributed by atoms with van der Waals surface area (Å²) < 4.78 is 54.3. The second-order valence-corrected chi connectivity index (χ2v) is 8.17. The van der Waals surface area contributed by atoms with Crippen LogP contribution >= 0.6 is 0 Å². The lowest BCUT2D eigenvalue weighted by Crippen LogP contribution is -2.49. The van der Waals surface area contributed by atoms with Crippen molar-refractivity contribution in [1.29, 1.82) is 5.26 Å². The lowest BCUT2D eigenvalue weighted by atomic mass is 10.1. The van der Waals surface area contributed by atoms with Gasteiger partial charge in [0.15, 0.2) is 4.90 Å². The summed E-state index contributed by atoms with van der Waals surface area (Å²) in [5, 5.41) is 9.41. The van der Waals surface area contributed by atoms with Crippen molar-refractivity contribution in [3.05, 3.63) is 52.9 Å². The zero-order chi connectivity index (χ0) is 19.8. The first-order valence-electron chi connectivity index (χ1n) is 8.33. The van der Waals surface area contributed by atoms with E-state index >= 15 is 0 Å². The Balaban J connectivity index is 1.85. The van der Waals surface area contributed by atoms with E-state index in [0.717, 1.165) is 28.2 Å². The number of hydrogen-bond donors (Lipinski definition) is 0. The Hall–Kier alpha value is -2.57. The van der Waals surface area contributed by atoms with Gasteiger partial charge in [0.25, 0.3) is 0 Å². The van der Waals surface area contributed by atoms with Crippen LogP contribution in [0.5, 0.6) is 0 Å². The number of nitrogens with zero attached hydrogens (tertiary/aromatic N) is 4. The third kappa shape index (κ3) is 3.50. The van der Waals surface area contributed by atoms with Crippen molar-refractivity contribution in [2.24, 2.45) is 0 Å². The first-order valence-corrected chi connectivity index (χ1v) is 9.77. The van der Waals surface area contributed by atoms with Crippen LogP contribution in [0.3, 0.4) is 0 Å². The van der Waals surface area contributed by atoms with E-state index in [-0.39, 0.29) is 13.1 Å². The molecule has 1 aliphatic rings. The maximum absolute atomic E-state index is 13.9. The molecule has 27 heavy (non-hydrogen) atoms. The molecule has 2 aromatic rings. The maximum atomic E-state index is 13.9. The first-order chi connectivity index (χ1) is 12.8. The van der Waals surface area contributed by atoms with Gasteiger partial charge in [-0.1, -0.05) is 6.07 Å². The number of sulfonamides is 1. The number of piperazine rings is 1. The standard InChI is InChI=1S/C18H18F2N4O2S/c1-12-10-17(14(11-21)13(2)22-12)23-6-8-24(9-7-23)27(25,26)18-15(19)4-3-5-16(18)20/h3-5,10H,6-9H2,1-2H3. The Bertz CT molecular complexity index is 1010. The zero-order valence-electron chi connectivity index (χ0n) is 14.9. The van der Waals surface area contributed by atoms with E-state index in [1.807, 2.05) is 11.8 Å². The number of nitriles is 1. The zero-order valence-corrected chi connectivity index (χ0v) is 15.7. The second kappa shape index (κ2) is 7.21. The Morgan fingerprint density at radius 3 is 2.26 bits per heavy atom. The van der Waals surface area contributed by atoms with Gasteiger partial charge < -0.3 is 4.90 Å². The van der Waals surface area contributed by atoms with Gasteiger partial charge in [-0.3, -0.25) is 4.98 Å². The van der Waals surface area contributed by atoms with Crippen molar-refractivity contribution in [1.82, 2.24) is 9.29 Å². The van der Waals surface area contributed by atoms with Gasteiger partial charge in [0.1, 0.15) is 17.7 Å². The van der Waals surface area contributed by atoms with Crippen LogP contribution < -0.4 is 4.90 Å². The lowest BCUT2D eigenvalue weighted by Gasteiger charge is -2.36. The topological polar surface area (TPSA) is 77.3 Å². The third-order valence-corrected chi connectivity index (χ3v) is 6.47. The number of benzene rings is 1. The number of pyridine rings is 1. The summed E-state index contributed by atoms with van der Waals surface area (Å²) in [6, 6.07) is 6.89. The predicted octanol–water partition coefficient (Wildman–Crippen LogP) is 2.36. The molecule has 0 aliphatic carbocycles. The molecular weight excluding hydrogens is 374 g/mol. The van der Waals surface area contributed by atoms with E-state index in [9.17, 15) is 22.5 Å². The molecule has 142 valence electrons. The van der Waals surface area contributed by atoms with Crippen LogP contribution in [0.25, 0.3) is 0 Å². The molecule has 0 unspecified atom stereocenters. The molecule has 0 N–H and O–H groups in total. The van der Waals surface area contributed by atoms with Crippen LogP contribution in [0.15, 0.2) is 29.2 Å². The van der Waals surface area contributed by atoms with Crippen LogP contribution in [0.1, 0.15) is 17.0 Å². The van der Waals surface area contributed by atoms with Crippen molar-refractivity contribution in [3.63, 3.8) is 0 Å². The summed E-state index contributed by atoms with van der Waals surface area (Å²) in [5.41, 5.74) is 2.50. The molecule has 0 amide bonds. The second-order valence-electron chi connectivity index (χ2n) is 6.30. The van der Waals surface area contributed by atoms with Crippen LogP contribution in [-0.2, 0) is 10.0 Å². The minimum absolute atomic E-state index is 0.0569. The Kier molecular flexibility index (Phi) is 5.13. The van der Waals surface area contributed by atoms with Crippen LogP contribution in [0, 0.1) is 36.8 Å². The van der Waals surface area contributed by atoms with Gasteiger partial charge in [-0.25, -0.2) is 17.2 Å². The smallest absolute Gasteiger partial charge is 0.249 e. The van der Waals surface area contributed by atoms with Crippen molar-refractivity contribution >= 4 is 15.7 Å². The van der Waals surface area contributed by atoms with Gasteiger partial charge in [0, 0.05) is 31.9 Å². The summed E-state index contributed by atoms with van der Waals surface area (Å²) in [6.07, 6.45) is 0. The van der Waals surface area contributed by atoms with Crippen molar-refractivity contribution < 1.29 is 17.2 Å². The summed E-state index contributed by atoms with van der Waals surface area (Å²) >= 11 is 0. The molecule has 1 aromatic heterocycles. The van der Waals surface area contributed by atoms with E-state index in [2.05, 4.69) is 11.1 Å². The van der Waals surface area contributed by atoms with E-state index in [1.165, 1.54) is 0 Å². The molecule has 1 aliphatic heterocycles. The normalized spacial score (nSPS) is 15.6. The fourth-order valence-electron chi connectivity index (χ4n) is 3.22. The molecule has 0 spiro atoms. The molecule has 0 radical (unpaired) electrons. The van der Waals surface area contributed by atoms with Crippen molar-refractivity contribution in [2.75, 3.05) is 31.1 Å². The SMILES string of the molecule is Cc1cc(N2CCN(S(=O)(=O)c3c(F)cccc3F)CC2)c(C#N)c(C)n1. The maximum Gasteiger partial charge on any atom is 0.249 e. The number of halogens is 2. The average Bonchev–Trinajstić information content (AvgIpc) is 2.61. The minimum atomic E-state index is -4.28.